The normalized spacial score (nSPS) is 16.4. The molecule has 2 heterocycles. The minimum absolute atomic E-state index is 0.0980. The van der Waals surface area contributed by atoms with E-state index in [0.29, 0.717) is 22.6 Å². The molecule has 1 aliphatic heterocycles. The van der Waals surface area contributed by atoms with E-state index in [1.165, 1.54) is 35.9 Å². The Kier molecular flexibility index (Phi) is 4.34. The summed E-state index contributed by atoms with van der Waals surface area (Å²) < 4.78 is 55.3. The molecule has 0 unspecified atom stereocenters. The van der Waals surface area contributed by atoms with Crippen molar-refractivity contribution < 1.29 is 22.4 Å². The maximum Gasteiger partial charge on any atom is 0.308 e. The second-order valence-electron chi connectivity index (χ2n) is 6.38. The topological polar surface area (TPSA) is 42.3 Å². The van der Waals surface area contributed by atoms with Crippen LogP contribution in [-0.4, -0.2) is 10.5 Å². The van der Waals surface area contributed by atoms with Crippen molar-refractivity contribution in [1.29, 1.82) is 0 Å². The van der Waals surface area contributed by atoms with Gasteiger partial charge in [0.15, 0.2) is 17.5 Å². The molecular formula is C19H12F4N2O2S. The summed E-state index contributed by atoms with van der Waals surface area (Å²) in [6.07, 6.45) is -0.0980. The van der Waals surface area contributed by atoms with Crippen molar-refractivity contribution >= 4 is 28.7 Å². The summed E-state index contributed by atoms with van der Waals surface area (Å²) >= 11 is 0.894. The first-order valence-electron chi connectivity index (χ1n) is 8.20. The van der Waals surface area contributed by atoms with E-state index in [9.17, 15) is 27.2 Å². The van der Waals surface area contributed by atoms with Crippen LogP contribution in [0.15, 0.2) is 41.2 Å². The molecule has 1 atom stereocenters. The van der Waals surface area contributed by atoms with Crippen LogP contribution in [0.2, 0.25) is 0 Å². The van der Waals surface area contributed by atoms with Crippen LogP contribution in [0.25, 0.3) is 0 Å². The fraction of sp³-hybridized carbons (Fsp3) is 0.158. The third kappa shape index (κ3) is 2.82. The van der Waals surface area contributed by atoms with Crippen LogP contribution in [0.4, 0.5) is 29.1 Å². The number of carbonyl (C=O) groups excluding carboxylic acids is 1. The first-order chi connectivity index (χ1) is 13.3. The lowest BCUT2D eigenvalue weighted by atomic mass is 9.90. The molecule has 9 heteroatoms. The van der Waals surface area contributed by atoms with E-state index in [1.54, 1.807) is 0 Å². The summed E-state index contributed by atoms with van der Waals surface area (Å²) in [6.45, 7) is 0. The van der Waals surface area contributed by atoms with Crippen molar-refractivity contribution in [2.75, 3.05) is 4.90 Å². The van der Waals surface area contributed by atoms with Gasteiger partial charge in [0.25, 0.3) is 0 Å². The number of hydrogen-bond donors (Lipinski definition) is 0. The van der Waals surface area contributed by atoms with E-state index in [2.05, 4.69) is 0 Å². The standard InChI is InChI=1S/C19H12F4N2O2S/c1-24-18-17(28-19(24)27)12(9-2-4-10(20)5-3-9)8-15(26)25(18)11-6-13(21)16(23)14(22)7-11/h2-7,12H,8H2,1H3/t12-/m0/s1. The number of hydrogen-bond acceptors (Lipinski definition) is 3. The lowest BCUT2D eigenvalue weighted by Crippen LogP contribution is -2.35. The average Bonchev–Trinajstić information content (AvgIpc) is 2.94. The highest BCUT2D eigenvalue weighted by molar-refractivity contribution is 7.10. The first kappa shape index (κ1) is 18.4. The van der Waals surface area contributed by atoms with Crippen LogP contribution in [0.5, 0.6) is 0 Å². The van der Waals surface area contributed by atoms with Gasteiger partial charge in [-0.25, -0.2) is 17.6 Å². The first-order valence-corrected chi connectivity index (χ1v) is 9.02. The van der Waals surface area contributed by atoms with E-state index in [-0.39, 0.29) is 22.8 Å². The zero-order valence-electron chi connectivity index (χ0n) is 14.4. The Bertz CT molecular complexity index is 1130. The van der Waals surface area contributed by atoms with E-state index in [1.807, 2.05) is 0 Å². The zero-order valence-corrected chi connectivity index (χ0v) is 15.2. The fourth-order valence-corrected chi connectivity index (χ4v) is 4.42. The maximum absolute atomic E-state index is 13.7. The van der Waals surface area contributed by atoms with Crippen LogP contribution in [-0.2, 0) is 11.8 Å². The van der Waals surface area contributed by atoms with Gasteiger partial charge in [-0.3, -0.25) is 19.1 Å². The number of carbonyl (C=O) groups is 1. The molecule has 144 valence electrons. The second-order valence-corrected chi connectivity index (χ2v) is 7.37. The van der Waals surface area contributed by atoms with Crippen LogP contribution >= 0.6 is 11.3 Å². The number of benzene rings is 2. The van der Waals surface area contributed by atoms with Gasteiger partial charge in [0.2, 0.25) is 5.91 Å². The van der Waals surface area contributed by atoms with Crippen molar-refractivity contribution in [3.8, 4) is 0 Å². The summed E-state index contributed by atoms with van der Waals surface area (Å²) in [6, 6.07) is 6.97. The lowest BCUT2D eigenvalue weighted by molar-refractivity contribution is -0.118. The summed E-state index contributed by atoms with van der Waals surface area (Å²) in [4.78, 5) is 26.3. The third-order valence-electron chi connectivity index (χ3n) is 4.66. The van der Waals surface area contributed by atoms with E-state index in [0.717, 1.165) is 16.2 Å². The Morgan fingerprint density at radius 3 is 2.21 bits per heavy atom. The molecule has 2 aromatic carbocycles. The molecule has 0 spiro atoms. The summed E-state index contributed by atoms with van der Waals surface area (Å²) in [5.74, 6) is -5.83. The van der Waals surface area contributed by atoms with Gasteiger partial charge >= 0.3 is 4.87 Å². The Balaban J connectivity index is 1.91. The van der Waals surface area contributed by atoms with Gasteiger partial charge in [0, 0.05) is 31.5 Å². The number of thiazole rings is 1. The molecule has 4 rings (SSSR count). The van der Waals surface area contributed by atoms with E-state index >= 15 is 0 Å². The predicted molar refractivity (Wildman–Crippen MR) is 95.9 cm³/mol. The van der Waals surface area contributed by atoms with Crippen molar-refractivity contribution in [2.24, 2.45) is 7.05 Å². The number of nitrogens with zero attached hydrogens (tertiary/aromatic N) is 2. The van der Waals surface area contributed by atoms with E-state index in [4.69, 9.17) is 0 Å². The molecule has 0 bridgehead atoms. The molecule has 1 aliphatic rings. The highest BCUT2D eigenvalue weighted by atomic mass is 32.1. The smallest absolute Gasteiger partial charge is 0.288 e. The van der Waals surface area contributed by atoms with Crippen LogP contribution in [0, 0.1) is 23.3 Å². The number of fused-ring (bicyclic) bond motifs is 1. The van der Waals surface area contributed by atoms with Gasteiger partial charge in [0.1, 0.15) is 11.6 Å². The SMILES string of the molecule is Cn1c2c(sc1=O)[C@H](c1ccc(F)cc1)CC(=O)N2c1cc(F)c(F)c(F)c1. The highest BCUT2D eigenvalue weighted by Crippen LogP contribution is 2.44. The number of rotatable bonds is 2. The number of anilines is 2. The average molecular weight is 408 g/mol. The van der Waals surface area contributed by atoms with Crippen molar-refractivity contribution in [2.45, 2.75) is 12.3 Å². The maximum atomic E-state index is 13.7. The third-order valence-corrected chi connectivity index (χ3v) is 5.80. The van der Waals surface area contributed by atoms with Crippen LogP contribution < -0.4 is 9.77 Å². The Hall–Kier alpha value is -2.94. The lowest BCUT2D eigenvalue weighted by Gasteiger charge is -2.32. The fourth-order valence-electron chi connectivity index (χ4n) is 3.33. The summed E-state index contributed by atoms with van der Waals surface area (Å²) in [5.41, 5.74) is 0.419. The molecule has 1 aromatic heterocycles. The number of aromatic nitrogens is 1. The van der Waals surface area contributed by atoms with Gasteiger partial charge in [-0.15, -0.1) is 0 Å². The van der Waals surface area contributed by atoms with Gasteiger partial charge < -0.3 is 0 Å². The van der Waals surface area contributed by atoms with Gasteiger partial charge in [0.05, 0.1) is 10.6 Å². The molecule has 3 aromatic rings. The molecule has 1 amide bonds. The van der Waals surface area contributed by atoms with Crippen molar-refractivity contribution in [3.63, 3.8) is 0 Å². The minimum Gasteiger partial charge on any atom is -0.288 e. The molecule has 0 aliphatic carbocycles. The highest BCUT2D eigenvalue weighted by Gasteiger charge is 2.38. The predicted octanol–water partition coefficient (Wildman–Crippen LogP) is 4.20. The molecule has 0 saturated heterocycles. The number of amides is 1. The van der Waals surface area contributed by atoms with Gasteiger partial charge in [-0.05, 0) is 17.7 Å². The Morgan fingerprint density at radius 2 is 1.61 bits per heavy atom. The summed E-state index contributed by atoms with van der Waals surface area (Å²) in [7, 11) is 1.43. The molecule has 0 radical (unpaired) electrons. The molecule has 0 N–H and O–H groups in total. The molecule has 28 heavy (non-hydrogen) atoms. The van der Waals surface area contributed by atoms with Crippen molar-refractivity contribution in [3.05, 3.63) is 79.8 Å². The summed E-state index contributed by atoms with van der Waals surface area (Å²) in [5, 5.41) is 0. The second kappa shape index (κ2) is 6.59. The largest absolute Gasteiger partial charge is 0.308 e. The van der Waals surface area contributed by atoms with Crippen LogP contribution in [0.3, 0.4) is 0 Å². The quantitative estimate of drug-likeness (QED) is 0.471. The molecule has 0 saturated carbocycles. The Labute approximate surface area is 160 Å². The molecule has 0 fully saturated rings. The monoisotopic (exact) mass is 408 g/mol. The zero-order chi connectivity index (χ0) is 20.2. The minimum atomic E-state index is -1.64. The Morgan fingerprint density at radius 1 is 1.00 bits per heavy atom. The molecule has 4 nitrogen and oxygen atoms in total. The van der Waals surface area contributed by atoms with E-state index < -0.39 is 35.1 Å². The van der Waals surface area contributed by atoms with Gasteiger partial charge in [-0.2, -0.15) is 0 Å². The van der Waals surface area contributed by atoms with Gasteiger partial charge in [-0.1, -0.05) is 23.5 Å². The molecular weight excluding hydrogens is 396 g/mol. The van der Waals surface area contributed by atoms with Crippen LogP contribution in [0.1, 0.15) is 22.8 Å². The number of halogens is 4. The van der Waals surface area contributed by atoms with Crippen molar-refractivity contribution in [1.82, 2.24) is 4.57 Å².